The van der Waals surface area contributed by atoms with E-state index < -0.39 is 0 Å². The summed E-state index contributed by atoms with van der Waals surface area (Å²) in [5.41, 5.74) is 3.20. The molecular weight excluding hydrogens is 366 g/mol. The maximum atomic E-state index is 12.2. The number of amides is 1. The first-order chi connectivity index (χ1) is 14.2. The van der Waals surface area contributed by atoms with Gasteiger partial charge < -0.3 is 14.6 Å². The highest BCUT2D eigenvalue weighted by molar-refractivity contribution is 5.92. The summed E-state index contributed by atoms with van der Waals surface area (Å²) in [6, 6.07) is 24.4. The molecule has 0 bridgehead atoms. The summed E-state index contributed by atoms with van der Waals surface area (Å²) in [5.74, 6) is 1.34. The topological polar surface area (TPSA) is 77.2 Å². The van der Waals surface area contributed by atoms with Gasteiger partial charge in [0.05, 0.1) is 0 Å². The van der Waals surface area contributed by atoms with Gasteiger partial charge in [0, 0.05) is 16.8 Å². The third-order valence-electron chi connectivity index (χ3n) is 4.30. The molecule has 0 saturated carbocycles. The van der Waals surface area contributed by atoms with E-state index in [9.17, 15) is 4.79 Å². The molecule has 1 N–H and O–H groups in total. The maximum Gasteiger partial charge on any atom is 0.262 e. The van der Waals surface area contributed by atoms with E-state index in [-0.39, 0.29) is 12.5 Å². The second-order valence-electron chi connectivity index (χ2n) is 6.47. The van der Waals surface area contributed by atoms with E-state index in [2.05, 4.69) is 15.5 Å². The third-order valence-corrected chi connectivity index (χ3v) is 4.30. The van der Waals surface area contributed by atoms with E-state index in [1.807, 2.05) is 73.7 Å². The van der Waals surface area contributed by atoms with Crippen LogP contribution >= 0.6 is 0 Å². The van der Waals surface area contributed by atoms with E-state index in [1.165, 1.54) is 0 Å². The number of ether oxygens (including phenoxy) is 1. The Bertz CT molecular complexity index is 1120. The highest BCUT2D eigenvalue weighted by Crippen LogP contribution is 2.24. The van der Waals surface area contributed by atoms with Crippen molar-refractivity contribution in [2.24, 2.45) is 0 Å². The number of anilines is 1. The molecule has 0 unspecified atom stereocenters. The Balaban J connectivity index is 1.43. The van der Waals surface area contributed by atoms with Crippen molar-refractivity contribution >= 4 is 11.6 Å². The molecule has 1 aromatic heterocycles. The van der Waals surface area contributed by atoms with Crippen molar-refractivity contribution in [2.75, 3.05) is 11.9 Å². The van der Waals surface area contributed by atoms with Crippen molar-refractivity contribution in [2.45, 2.75) is 6.92 Å². The number of aromatic nitrogens is 2. The lowest BCUT2D eigenvalue weighted by molar-refractivity contribution is -0.118. The van der Waals surface area contributed by atoms with Gasteiger partial charge in [-0.3, -0.25) is 4.79 Å². The fourth-order valence-corrected chi connectivity index (χ4v) is 2.83. The smallest absolute Gasteiger partial charge is 0.262 e. The van der Waals surface area contributed by atoms with E-state index in [1.54, 1.807) is 12.1 Å². The molecule has 4 rings (SSSR count). The molecule has 6 heteroatoms. The predicted molar refractivity (Wildman–Crippen MR) is 110 cm³/mol. The van der Waals surface area contributed by atoms with Crippen LogP contribution in [-0.4, -0.2) is 22.7 Å². The number of benzene rings is 3. The normalized spacial score (nSPS) is 10.5. The largest absolute Gasteiger partial charge is 0.483 e. The molecule has 6 nitrogen and oxygen atoms in total. The van der Waals surface area contributed by atoms with Gasteiger partial charge in [0.1, 0.15) is 5.75 Å². The first kappa shape index (κ1) is 18.4. The Kier molecular flexibility index (Phi) is 5.33. The van der Waals surface area contributed by atoms with Crippen LogP contribution in [0.25, 0.3) is 22.8 Å². The quantitative estimate of drug-likeness (QED) is 0.519. The van der Waals surface area contributed by atoms with Gasteiger partial charge in [-0.2, -0.15) is 4.98 Å². The first-order valence-corrected chi connectivity index (χ1v) is 9.17. The second kappa shape index (κ2) is 8.39. The molecule has 0 aliphatic rings. The number of rotatable bonds is 6. The zero-order valence-corrected chi connectivity index (χ0v) is 15.8. The molecule has 1 amide bonds. The minimum Gasteiger partial charge on any atom is -0.483 e. The van der Waals surface area contributed by atoms with Crippen molar-refractivity contribution in [3.05, 3.63) is 84.4 Å². The summed E-state index contributed by atoms with van der Waals surface area (Å²) < 4.78 is 11.0. The Morgan fingerprint density at radius 3 is 2.55 bits per heavy atom. The molecule has 0 spiro atoms. The monoisotopic (exact) mass is 385 g/mol. The van der Waals surface area contributed by atoms with Gasteiger partial charge in [0.2, 0.25) is 5.82 Å². The predicted octanol–water partition coefficient (Wildman–Crippen LogP) is 4.73. The average Bonchev–Trinajstić information content (AvgIpc) is 3.24. The summed E-state index contributed by atoms with van der Waals surface area (Å²) in [6.45, 7) is 1.86. The summed E-state index contributed by atoms with van der Waals surface area (Å²) >= 11 is 0. The summed E-state index contributed by atoms with van der Waals surface area (Å²) in [6.07, 6.45) is 0. The molecule has 29 heavy (non-hydrogen) atoms. The van der Waals surface area contributed by atoms with Gasteiger partial charge in [-0.15, -0.1) is 0 Å². The SMILES string of the molecule is Cc1ccccc1OCC(=O)Nc1cccc(-c2nc(-c3ccccc3)no2)c1. The molecule has 1 heterocycles. The van der Waals surface area contributed by atoms with Gasteiger partial charge in [0.15, 0.2) is 6.61 Å². The van der Waals surface area contributed by atoms with Crippen LogP contribution in [0.2, 0.25) is 0 Å². The second-order valence-corrected chi connectivity index (χ2v) is 6.47. The number of carbonyl (C=O) groups excluding carboxylic acids is 1. The van der Waals surface area contributed by atoms with Crippen molar-refractivity contribution < 1.29 is 14.1 Å². The fraction of sp³-hybridized carbons (Fsp3) is 0.0870. The zero-order chi connectivity index (χ0) is 20.1. The molecule has 4 aromatic rings. The van der Waals surface area contributed by atoms with Crippen LogP contribution in [0.5, 0.6) is 5.75 Å². The van der Waals surface area contributed by atoms with Gasteiger partial charge in [0.25, 0.3) is 11.8 Å². The summed E-state index contributed by atoms with van der Waals surface area (Å²) in [7, 11) is 0. The van der Waals surface area contributed by atoms with Crippen LogP contribution in [0.4, 0.5) is 5.69 Å². The van der Waals surface area contributed by atoms with Crippen molar-refractivity contribution in [3.63, 3.8) is 0 Å². The van der Waals surface area contributed by atoms with Crippen LogP contribution in [0.3, 0.4) is 0 Å². The molecule has 0 atom stereocenters. The molecule has 0 saturated heterocycles. The third kappa shape index (κ3) is 4.50. The van der Waals surface area contributed by atoms with E-state index in [4.69, 9.17) is 9.26 Å². The molecular formula is C23H19N3O3. The van der Waals surface area contributed by atoms with Crippen LogP contribution in [0.15, 0.2) is 83.4 Å². The van der Waals surface area contributed by atoms with E-state index in [0.29, 0.717) is 23.2 Å². The van der Waals surface area contributed by atoms with Gasteiger partial charge in [-0.25, -0.2) is 0 Å². The van der Waals surface area contributed by atoms with Crippen LogP contribution in [0, 0.1) is 6.92 Å². The van der Waals surface area contributed by atoms with Gasteiger partial charge in [-0.1, -0.05) is 59.8 Å². The highest BCUT2D eigenvalue weighted by atomic mass is 16.5. The number of aryl methyl sites for hydroxylation is 1. The number of hydrogen-bond acceptors (Lipinski definition) is 5. The lowest BCUT2D eigenvalue weighted by Gasteiger charge is -2.09. The number of nitrogens with one attached hydrogen (secondary N) is 1. The van der Waals surface area contributed by atoms with Gasteiger partial charge >= 0.3 is 0 Å². The summed E-state index contributed by atoms with van der Waals surface area (Å²) in [5, 5.41) is 6.86. The molecule has 0 fully saturated rings. The van der Waals surface area contributed by atoms with Crippen LogP contribution in [-0.2, 0) is 4.79 Å². The van der Waals surface area contributed by atoms with Gasteiger partial charge in [-0.05, 0) is 36.8 Å². The van der Waals surface area contributed by atoms with Crippen LogP contribution < -0.4 is 10.1 Å². The highest BCUT2D eigenvalue weighted by Gasteiger charge is 2.12. The number of carbonyl (C=O) groups is 1. The lowest BCUT2D eigenvalue weighted by Crippen LogP contribution is -2.20. The standard InChI is InChI=1S/C23H19N3O3/c1-16-8-5-6-13-20(16)28-15-21(27)24-19-12-7-11-18(14-19)23-25-22(26-29-23)17-9-3-2-4-10-17/h2-14H,15H2,1H3,(H,24,27). The zero-order valence-electron chi connectivity index (χ0n) is 15.8. The van der Waals surface area contributed by atoms with E-state index >= 15 is 0 Å². The molecule has 0 aliphatic heterocycles. The number of hydrogen-bond donors (Lipinski definition) is 1. The molecule has 0 aliphatic carbocycles. The fourth-order valence-electron chi connectivity index (χ4n) is 2.83. The van der Waals surface area contributed by atoms with Crippen molar-refractivity contribution in [1.29, 1.82) is 0 Å². The van der Waals surface area contributed by atoms with E-state index in [0.717, 1.165) is 16.7 Å². The number of nitrogens with zero attached hydrogens (tertiary/aromatic N) is 2. The van der Waals surface area contributed by atoms with Crippen molar-refractivity contribution in [1.82, 2.24) is 10.1 Å². The Labute approximate surface area is 168 Å². The average molecular weight is 385 g/mol. The van der Waals surface area contributed by atoms with Crippen molar-refractivity contribution in [3.8, 4) is 28.6 Å². The molecule has 3 aromatic carbocycles. The Hall–Kier alpha value is -3.93. The van der Waals surface area contributed by atoms with Crippen LogP contribution in [0.1, 0.15) is 5.56 Å². The minimum atomic E-state index is -0.249. The molecule has 144 valence electrons. The minimum absolute atomic E-state index is 0.0756. The summed E-state index contributed by atoms with van der Waals surface area (Å²) in [4.78, 5) is 16.7. The Morgan fingerprint density at radius 2 is 1.72 bits per heavy atom. The number of para-hydroxylation sites is 1. The lowest BCUT2D eigenvalue weighted by atomic mass is 10.2. The molecule has 0 radical (unpaired) electrons. The first-order valence-electron chi connectivity index (χ1n) is 9.17. The Morgan fingerprint density at radius 1 is 0.966 bits per heavy atom. The maximum absolute atomic E-state index is 12.2.